The van der Waals surface area contributed by atoms with Crippen LogP contribution >= 0.6 is 11.6 Å². The Balaban J connectivity index is 1.74. The summed E-state index contributed by atoms with van der Waals surface area (Å²) in [5.41, 5.74) is 3.66. The van der Waals surface area contributed by atoms with Crippen LogP contribution in [-0.2, 0) is 29.0 Å². The summed E-state index contributed by atoms with van der Waals surface area (Å²) in [6.45, 7) is 8.51. The van der Waals surface area contributed by atoms with Crippen molar-refractivity contribution in [2.75, 3.05) is 33.7 Å². The fraction of sp³-hybridized carbons (Fsp3) is 0.429. The highest BCUT2D eigenvalue weighted by Crippen LogP contribution is 2.25. The molecule has 0 aliphatic carbocycles. The maximum atomic E-state index is 13.2. The molecule has 2 amide bonds. The molecule has 0 saturated carbocycles. The van der Waals surface area contributed by atoms with Crippen molar-refractivity contribution in [3.8, 4) is 0 Å². The van der Waals surface area contributed by atoms with Crippen molar-refractivity contribution < 1.29 is 14.3 Å². The monoisotopic (exact) mass is 497 g/mol. The van der Waals surface area contributed by atoms with Crippen LogP contribution in [0.2, 0.25) is 5.02 Å². The number of amides is 2. The topological polar surface area (TPSA) is 53.1 Å². The van der Waals surface area contributed by atoms with Gasteiger partial charge in [0.2, 0.25) is 5.91 Å². The molecule has 1 heterocycles. The van der Waals surface area contributed by atoms with Crippen molar-refractivity contribution in [2.45, 2.75) is 45.9 Å². The fourth-order valence-corrected chi connectivity index (χ4v) is 4.16. The molecule has 6 nitrogen and oxygen atoms in total. The van der Waals surface area contributed by atoms with Gasteiger partial charge in [-0.15, -0.1) is 0 Å². The number of halogens is 1. The van der Waals surface area contributed by atoms with Crippen LogP contribution in [0.15, 0.2) is 48.5 Å². The highest BCUT2D eigenvalue weighted by atomic mass is 35.5. The van der Waals surface area contributed by atoms with Gasteiger partial charge in [0, 0.05) is 43.8 Å². The minimum Gasteiger partial charge on any atom is -0.444 e. The van der Waals surface area contributed by atoms with E-state index in [0.717, 1.165) is 23.2 Å². The highest BCUT2D eigenvalue weighted by molar-refractivity contribution is 6.31. The third-order valence-corrected chi connectivity index (χ3v) is 6.18. The predicted molar refractivity (Wildman–Crippen MR) is 141 cm³/mol. The lowest BCUT2D eigenvalue weighted by Crippen LogP contribution is -2.40. The lowest BCUT2D eigenvalue weighted by Gasteiger charge is -2.31. The van der Waals surface area contributed by atoms with Gasteiger partial charge in [-0.25, -0.2) is 4.79 Å². The number of benzene rings is 2. The summed E-state index contributed by atoms with van der Waals surface area (Å²) in [4.78, 5) is 31.3. The van der Waals surface area contributed by atoms with Crippen LogP contribution in [0, 0.1) is 0 Å². The molecule has 0 N–H and O–H groups in total. The largest absolute Gasteiger partial charge is 0.444 e. The Morgan fingerprint density at radius 3 is 2.51 bits per heavy atom. The molecule has 0 atom stereocenters. The number of carbonyl (C=O) groups is 2. The molecule has 0 bridgehead atoms. The second-order valence-electron chi connectivity index (χ2n) is 10.1. The summed E-state index contributed by atoms with van der Waals surface area (Å²) in [7, 11) is 3.98. The first-order valence-corrected chi connectivity index (χ1v) is 12.3. The van der Waals surface area contributed by atoms with Crippen molar-refractivity contribution >= 4 is 29.7 Å². The average Bonchev–Trinajstić information content (AvgIpc) is 2.79. The Morgan fingerprint density at radius 2 is 1.83 bits per heavy atom. The molecule has 0 fully saturated rings. The number of ether oxygens (including phenoxy) is 1. The molecule has 35 heavy (non-hydrogen) atoms. The van der Waals surface area contributed by atoms with Crippen LogP contribution in [0.3, 0.4) is 0 Å². The summed E-state index contributed by atoms with van der Waals surface area (Å²) in [6.07, 6.45) is 3.95. The summed E-state index contributed by atoms with van der Waals surface area (Å²) in [5, 5.41) is 0.658. The average molecular weight is 498 g/mol. The zero-order valence-corrected chi connectivity index (χ0v) is 22.1. The van der Waals surface area contributed by atoms with E-state index in [0.29, 0.717) is 37.6 Å². The van der Waals surface area contributed by atoms with Gasteiger partial charge in [-0.05, 0) is 75.7 Å². The summed E-state index contributed by atoms with van der Waals surface area (Å²) >= 11 is 6.35. The van der Waals surface area contributed by atoms with E-state index < -0.39 is 5.60 Å². The summed E-state index contributed by atoms with van der Waals surface area (Å²) in [6, 6.07) is 13.6. The van der Waals surface area contributed by atoms with E-state index in [1.54, 1.807) is 11.0 Å². The van der Waals surface area contributed by atoms with E-state index in [9.17, 15) is 9.59 Å². The SMILES string of the molecule is CN(C)CCN(Cc1ccccc1Cl)C(=O)/C=C/c1cccc2c1CCN(C(=O)OC(C)(C)C)C2. The number of hydrogen-bond acceptors (Lipinski definition) is 4. The molecular weight excluding hydrogens is 462 g/mol. The van der Waals surface area contributed by atoms with Crippen molar-refractivity contribution in [1.29, 1.82) is 0 Å². The quantitative estimate of drug-likeness (QED) is 0.491. The minimum atomic E-state index is -0.523. The molecule has 1 aliphatic rings. The molecule has 2 aromatic rings. The van der Waals surface area contributed by atoms with Crippen molar-refractivity contribution in [1.82, 2.24) is 14.7 Å². The van der Waals surface area contributed by atoms with Crippen molar-refractivity contribution in [3.05, 3.63) is 75.8 Å². The number of fused-ring (bicyclic) bond motifs is 1. The molecule has 1 aliphatic heterocycles. The van der Waals surface area contributed by atoms with Crippen LogP contribution in [-0.4, -0.2) is 66.0 Å². The predicted octanol–water partition coefficient (Wildman–Crippen LogP) is 5.24. The van der Waals surface area contributed by atoms with E-state index in [1.165, 1.54) is 5.56 Å². The van der Waals surface area contributed by atoms with E-state index >= 15 is 0 Å². The molecule has 188 valence electrons. The third kappa shape index (κ3) is 7.84. The fourth-order valence-electron chi connectivity index (χ4n) is 3.96. The normalized spacial score (nSPS) is 13.7. The Bertz CT molecular complexity index is 1080. The first-order valence-electron chi connectivity index (χ1n) is 12.0. The van der Waals surface area contributed by atoms with Gasteiger partial charge in [0.15, 0.2) is 0 Å². The molecule has 2 aromatic carbocycles. The molecule has 3 rings (SSSR count). The molecular formula is C28H36ClN3O3. The summed E-state index contributed by atoms with van der Waals surface area (Å²) in [5.74, 6) is -0.0597. The number of rotatable bonds is 7. The van der Waals surface area contributed by atoms with Gasteiger partial charge < -0.3 is 19.4 Å². The zero-order chi connectivity index (χ0) is 25.6. The zero-order valence-electron chi connectivity index (χ0n) is 21.4. The van der Waals surface area contributed by atoms with Crippen LogP contribution < -0.4 is 0 Å². The van der Waals surface area contributed by atoms with Crippen LogP contribution in [0.1, 0.15) is 43.0 Å². The van der Waals surface area contributed by atoms with Crippen molar-refractivity contribution in [2.24, 2.45) is 0 Å². The standard InChI is InChI=1S/C28H36ClN3O3/c1-28(2,3)35-27(34)32-16-15-24-21(10-8-11-22(24)19-32)13-14-26(33)31(18-17-30(4)5)20-23-9-6-7-12-25(23)29/h6-14H,15-20H2,1-5H3/b14-13+. The van der Waals surface area contributed by atoms with Gasteiger partial charge in [-0.1, -0.05) is 48.0 Å². The van der Waals surface area contributed by atoms with Gasteiger partial charge in [0.1, 0.15) is 5.60 Å². The Morgan fingerprint density at radius 1 is 1.09 bits per heavy atom. The van der Waals surface area contributed by atoms with E-state index in [1.807, 2.05) is 88.3 Å². The number of carbonyl (C=O) groups excluding carboxylic acids is 2. The van der Waals surface area contributed by atoms with Crippen LogP contribution in [0.5, 0.6) is 0 Å². The van der Waals surface area contributed by atoms with Gasteiger partial charge in [-0.3, -0.25) is 4.79 Å². The lowest BCUT2D eigenvalue weighted by molar-refractivity contribution is -0.126. The van der Waals surface area contributed by atoms with Gasteiger partial charge in [-0.2, -0.15) is 0 Å². The van der Waals surface area contributed by atoms with Gasteiger partial charge in [0.05, 0.1) is 0 Å². The van der Waals surface area contributed by atoms with E-state index in [4.69, 9.17) is 16.3 Å². The number of hydrogen-bond donors (Lipinski definition) is 0. The Hall–Kier alpha value is -2.83. The van der Waals surface area contributed by atoms with Crippen LogP contribution in [0.4, 0.5) is 4.79 Å². The molecule has 0 unspecified atom stereocenters. The van der Waals surface area contributed by atoms with Crippen LogP contribution in [0.25, 0.3) is 6.08 Å². The molecule has 0 spiro atoms. The second-order valence-corrected chi connectivity index (χ2v) is 10.5. The maximum Gasteiger partial charge on any atom is 0.410 e. The van der Waals surface area contributed by atoms with E-state index in [-0.39, 0.29) is 12.0 Å². The maximum absolute atomic E-state index is 13.2. The highest BCUT2D eigenvalue weighted by Gasteiger charge is 2.26. The first-order chi connectivity index (χ1) is 16.5. The summed E-state index contributed by atoms with van der Waals surface area (Å²) < 4.78 is 5.53. The second kappa shape index (κ2) is 11.7. The molecule has 7 heteroatoms. The molecule has 0 aromatic heterocycles. The van der Waals surface area contributed by atoms with Gasteiger partial charge in [0.25, 0.3) is 0 Å². The minimum absolute atomic E-state index is 0.0597. The number of nitrogens with zero attached hydrogens (tertiary/aromatic N) is 3. The number of likely N-dealkylation sites (N-methyl/N-ethyl adjacent to an activating group) is 1. The van der Waals surface area contributed by atoms with Crippen molar-refractivity contribution in [3.63, 3.8) is 0 Å². The Kier molecular flexibility index (Phi) is 8.98. The first kappa shape index (κ1) is 26.8. The molecule has 0 saturated heterocycles. The van der Waals surface area contributed by atoms with Gasteiger partial charge >= 0.3 is 6.09 Å². The lowest BCUT2D eigenvalue weighted by atomic mass is 9.94. The Labute approximate surface area is 214 Å². The molecule has 0 radical (unpaired) electrons. The smallest absolute Gasteiger partial charge is 0.410 e. The van der Waals surface area contributed by atoms with E-state index in [2.05, 4.69) is 4.90 Å². The third-order valence-electron chi connectivity index (χ3n) is 5.81.